The number of aromatic nitrogens is 2. The summed E-state index contributed by atoms with van der Waals surface area (Å²) in [5.74, 6) is 0.422. The number of hydrogen-bond acceptors (Lipinski definition) is 6. The summed E-state index contributed by atoms with van der Waals surface area (Å²) in [7, 11) is 1.60. The van der Waals surface area contributed by atoms with Gasteiger partial charge in [-0.2, -0.15) is 5.10 Å². The van der Waals surface area contributed by atoms with Gasteiger partial charge in [-0.3, -0.25) is 4.79 Å². The second kappa shape index (κ2) is 6.04. The average molecular weight is 296 g/mol. The Labute approximate surface area is 125 Å². The number of nitrogens with zero attached hydrogens (tertiary/aromatic N) is 3. The number of carbonyl (C=O) groups excluding carboxylic acids is 1. The second-order valence-corrected chi connectivity index (χ2v) is 4.44. The van der Waals surface area contributed by atoms with Gasteiger partial charge in [0.1, 0.15) is 16.8 Å². The van der Waals surface area contributed by atoms with Crippen LogP contribution in [-0.4, -0.2) is 29.5 Å². The standard InChI is InChI=1S/C15H12N4O3/c1-21-12-5-2-10(3-6-12)9-16-17-15(20)11-4-7-13-14(8-11)19-22-18-13/h2-9H,1H3,(H,17,20)/b16-9+. The summed E-state index contributed by atoms with van der Waals surface area (Å²) in [5.41, 5.74) is 4.84. The molecule has 3 aromatic rings. The summed E-state index contributed by atoms with van der Waals surface area (Å²) in [6.07, 6.45) is 1.55. The lowest BCUT2D eigenvalue weighted by atomic mass is 10.2. The monoisotopic (exact) mass is 296 g/mol. The molecule has 0 saturated heterocycles. The molecule has 0 aliphatic carbocycles. The Balaban J connectivity index is 1.66. The van der Waals surface area contributed by atoms with Crippen molar-refractivity contribution in [3.8, 4) is 5.75 Å². The minimum atomic E-state index is -0.338. The first kappa shape index (κ1) is 13.7. The van der Waals surface area contributed by atoms with E-state index in [0.29, 0.717) is 16.6 Å². The van der Waals surface area contributed by atoms with Gasteiger partial charge in [0.2, 0.25) is 0 Å². The molecule has 0 aliphatic rings. The molecule has 0 spiro atoms. The van der Waals surface area contributed by atoms with Crippen LogP contribution in [0.3, 0.4) is 0 Å². The van der Waals surface area contributed by atoms with Crippen LogP contribution >= 0.6 is 0 Å². The zero-order valence-electron chi connectivity index (χ0n) is 11.7. The molecule has 0 atom stereocenters. The minimum Gasteiger partial charge on any atom is -0.497 e. The highest BCUT2D eigenvalue weighted by molar-refractivity contribution is 5.97. The van der Waals surface area contributed by atoms with Crippen molar-refractivity contribution < 1.29 is 14.2 Å². The SMILES string of the molecule is COc1ccc(/C=N/NC(=O)c2ccc3nonc3c2)cc1. The topological polar surface area (TPSA) is 89.6 Å². The molecule has 2 aromatic carbocycles. The lowest BCUT2D eigenvalue weighted by molar-refractivity contribution is 0.0955. The van der Waals surface area contributed by atoms with Crippen LogP contribution in [0.4, 0.5) is 0 Å². The summed E-state index contributed by atoms with van der Waals surface area (Å²) in [5, 5.41) is 11.3. The summed E-state index contributed by atoms with van der Waals surface area (Å²) >= 11 is 0. The third kappa shape index (κ3) is 2.93. The number of benzene rings is 2. The molecule has 1 N–H and O–H groups in total. The number of ether oxygens (including phenoxy) is 1. The van der Waals surface area contributed by atoms with Crippen LogP contribution in [-0.2, 0) is 0 Å². The summed E-state index contributed by atoms with van der Waals surface area (Å²) in [4.78, 5) is 12.0. The first-order chi connectivity index (χ1) is 10.8. The maximum absolute atomic E-state index is 12.0. The molecule has 0 saturated carbocycles. The molecule has 7 heteroatoms. The van der Waals surface area contributed by atoms with Gasteiger partial charge in [0.15, 0.2) is 0 Å². The van der Waals surface area contributed by atoms with E-state index < -0.39 is 0 Å². The van der Waals surface area contributed by atoms with Crippen LogP contribution in [0, 0.1) is 0 Å². The summed E-state index contributed by atoms with van der Waals surface area (Å²) in [6.45, 7) is 0. The van der Waals surface area contributed by atoms with Gasteiger partial charge < -0.3 is 4.74 Å². The molecular weight excluding hydrogens is 284 g/mol. The molecule has 0 aliphatic heterocycles. The first-order valence-electron chi connectivity index (χ1n) is 6.46. The average Bonchev–Trinajstić information content (AvgIpc) is 3.03. The lowest BCUT2D eigenvalue weighted by Gasteiger charge is -2.00. The van der Waals surface area contributed by atoms with E-state index in [-0.39, 0.29) is 5.91 Å². The fraction of sp³-hybridized carbons (Fsp3) is 0.0667. The van der Waals surface area contributed by atoms with E-state index >= 15 is 0 Å². The minimum absolute atomic E-state index is 0.338. The van der Waals surface area contributed by atoms with Crippen molar-refractivity contribution in [3.05, 3.63) is 53.6 Å². The molecule has 0 radical (unpaired) electrons. The number of amides is 1. The molecule has 1 aromatic heterocycles. The smallest absolute Gasteiger partial charge is 0.271 e. The van der Waals surface area contributed by atoms with Gasteiger partial charge in [0, 0.05) is 5.56 Å². The van der Waals surface area contributed by atoms with Crippen LogP contribution in [0.1, 0.15) is 15.9 Å². The Kier molecular flexibility index (Phi) is 3.78. The maximum atomic E-state index is 12.0. The molecule has 22 heavy (non-hydrogen) atoms. The molecule has 3 rings (SSSR count). The molecular formula is C15H12N4O3. The van der Waals surface area contributed by atoms with E-state index in [4.69, 9.17) is 4.74 Å². The van der Waals surface area contributed by atoms with E-state index in [9.17, 15) is 4.79 Å². The third-order valence-corrected chi connectivity index (χ3v) is 3.01. The third-order valence-electron chi connectivity index (χ3n) is 3.01. The van der Waals surface area contributed by atoms with Gasteiger partial charge in [0.25, 0.3) is 5.91 Å². The molecule has 1 heterocycles. The quantitative estimate of drug-likeness (QED) is 0.587. The van der Waals surface area contributed by atoms with Gasteiger partial charge in [-0.05, 0) is 58.3 Å². The fourth-order valence-electron chi connectivity index (χ4n) is 1.84. The molecule has 7 nitrogen and oxygen atoms in total. The van der Waals surface area contributed by atoms with E-state index in [1.165, 1.54) is 0 Å². The summed E-state index contributed by atoms with van der Waals surface area (Å²) < 4.78 is 9.65. The van der Waals surface area contributed by atoms with Crippen molar-refractivity contribution in [1.29, 1.82) is 0 Å². The van der Waals surface area contributed by atoms with Crippen LogP contribution in [0.5, 0.6) is 5.75 Å². The van der Waals surface area contributed by atoms with Crippen molar-refractivity contribution in [3.63, 3.8) is 0 Å². The Morgan fingerprint density at radius 1 is 1.18 bits per heavy atom. The van der Waals surface area contributed by atoms with E-state index in [2.05, 4.69) is 25.5 Å². The Morgan fingerprint density at radius 3 is 2.73 bits per heavy atom. The largest absolute Gasteiger partial charge is 0.497 e. The number of methoxy groups -OCH3 is 1. The van der Waals surface area contributed by atoms with Crippen molar-refractivity contribution in [2.75, 3.05) is 7.11 Å². The Bertz CT molecular complexity index is 824. The summed E-state index contributed by atoms with van der Waals surface area (Å²) in [6, 6.07) is 12.2. The number of nitrogens with one attached hydrogen (secondary N) is 1. The predicted molar refractivity (Wildman–Crippen MR) is 79.9 cm³/mol. The van der Waals surface area contributed by atoms with E-state index in [1.54, 1.807) is 31.5 Å². The highest BCUT2D eigenvalue weighted by atomic mass is 16.6. The van der Waals surface area contributed by atoms with Gasteiger partial charge >= 0.3 is 0 Å². The fourth-order valence-corrected chi connectivity index (χ4v) is 1.84. The molecule has 0 unspecified atom stereocenters. The van der Waals surface area contributed by atoms with Crippen LogP contribution in [0.25, 0.3) is 11.0 Å². The first-order valence-corrected chi connectivity index (χ1v) is 6.46. The molecule has 0 bridgehead atoms. The number of carbonyl (C=O) groups is 1. The van der Waals surface area contributed by atoms with Gasteiger partial charge in [-0.15, -0.1) is 0 Å². The highest BCUT2D eigenvalue weighted by Crippen LogP contribution is 2.12. The molecule has 0 fully saturated rings. The zero-order chi connectivity index (χ0) is 15.4. The Hall–Kier alpha value is -3.22. The van der Waals surface area contributed by atoms with Gasteiger partial charge in [-0.25, -0.2) is 10.1 Å². The van der Waals surface area contributed by atoms with Gasteiger partial charge in [-0.1, -0.05) is 0 Å². The number of hydrazone groups is 1. The van der Waals surface area contributed by atoms with Crippen LogP contribution in [0.15, 0.2) is 52.2 Å². The van der Waals surface area contributed by atoms with Crippen LogP contribution < -0.4 is 10.2 Å². The van der Waals surface area contributed by atoms with Crippen molar-refractivity contribution in [2.45, 2.75) is 0 Å². The second-order valence-electron chi connectivity index (χ2n) is 4.44. The van der Waals surface area contributed by atoms with Crippen molar-refractivity contribution >= 4 is 23.2 Å². The Morgan fingerprint density at radius 2 is 1.95 bits per heavy atom. The highest BCUT2D eigenvalue weighted by Gasteiger charge is 2.07. The maximum Gasteiger partial charge on any atom is 0.271 e. The number of fused-ring (bicyclic) bond motifs is 1. The van der Waals surface area contributed by atoms with E-state index in [0.717, 1.165) is 11.3 Å². The number of rotatable bonds is 4. The predicted octanol–water partition coefficient (Wildman–Crippen LogP) is 2.00. The zero-order valence-corrected chi connectivity index (χ0v) is 11.7. The van der Waals surface area contributed by atoms with Crippen molar-refractivity contribution in [2.24, 2.45) is 5.10 Å². The molecule has 110 valence electrons. The van der Waals surface area contributed by atoms with Crippen molar-refractivity contribution in [1.82, 2.24) is 15.7 Å². The number of hydrogen-bond donors (Lipinski definition) is 1. The van der Waals surface area contributed by atoms with Crippen LogP contribution in [0.2, 0.25) is 0 Å². The van der Waals surface area contributed by atoms with Gasteiger partial charge in [0.05, 0.1) is 13.3 Å². The lowest BCUT2D eigenvalue weighted by Crippen LogP contribution is -2.17. The van der Waals surface area contributed by atoms with E-state index in [1.807, 2.05) is 24.3 Å². The molecule has 1 amide bonds. The normalized spacial score (nSPS) is 11.0.